The molecule has 1 aliphatic heterocycles. The number of hydrogen-bond acceptors (Lipinski definition) is 14. The van der Waals surface area contributed by atoms with Gasteiger partial charge in [0.25, 0.3) is 0 Å². The summed E-state index contributed by atoms with van der Waals surface area (Å²) in [7, 11) is 0. The summed E-state index contributed by atoms with van der Waals surface area (Å²) in [5, 5.41) is 62.5. The molecule has 1 aliphatic rings. The Morgan fingerprint density at radius 3 is 2.07 bits per heavy atom. The molecular formula is C26H41N5O14-2. The average molecular weight is 648 g/mol. The molecule has 0 bridgehead atoms. The first kappa shape index (κ1) is 39.1. The number of carbonyl (C=O) groups is 7. The van der Waals surface area contributed by atoms with Crippen LogP contribution in [0.2, 0.25) is 0 Å². The Kier molecular flexibility index (Phi) is 16.3. The molecule has 0 radical (unpaired) electrons. The van der Waals surface area contributed by atoms with Crippen molar-refractivity contribution in [2.45, 2.75) is 108 Å². The summed E-state index contributed by atoms with van der Waals surface area (Å²) in [6.07, 6.45) is -6.52. The second kappa shape index (κ2) is 18.8. The Morgan fingerprint density at radius 2 is 1.53 bits per heavy atom. The summed E-state index contributed by atoms with van der Waals surface area (Å²) in [4.78, 5) is 83.4. The van der Waals surface area contributed by atoms with Gasteiger partial charge in [0, 0.05) is 19.3 Å². The van der Waals surface area contributed by atoms with E-state index >= 15 is 0 Å². The van der Waals surface area contributed by atoms with Gasteiger partial charge >= 0.3 is 0 Å². The van der Waals surface area contributed by atoms with Crippen LogP contribution in [0.25, 0.3) is 0 Å². The van der Waals surface area contributed by atoms with Crippen molar-refractivity contribution >= 4 is 41.5 Å². The molecule has 0 aromatic carbocycles. The van der Waals surface area contributed by atoms with E-state index in [-0.39, 0.29) is 25.9 Å². The van der Waals surface area contributed by atoms with E-state index in [2.05, 4.69) is 27.0 Å². The van der Waals surface area contributed by atoms with Gasteiger partial charge in [-0.1, -0.05) is 0 Å². The second-order valence-electron chi connectivity index (χ2n) is 10.6. The number of nitrogens with one attached hydrogen (secondary N) is 4. The average Bonchev–Trinajstić information content (AvgIpc) is 2.95. The quantitative estimate of drug-likeness (QED) is 0.0685. The van der Waals surface area contributed by atoms with Crippen molar-refractivity contribution in [2.24, 2.45) is 0 Å². The van der Waals surface area contributed by atoms with Crippen LogP contribution in [0.15, 0.2) is 0 Å². The Hall–Kier alpha value is -3.91. The third-order valence-electron chi connectivity index (χ3n) is 6.90. The van der Waals surface area contributed by atoms with Crippen LogP contribution in [-0.4, -0.2) is 120 Å². The van der Waals surface area contributed by atoms with Crippen LogP contribution in [0, 0.1) is 0 Å². The zero-order valence-electron chi connectivity index (χ0n) is 25.1. The van der Waals surface area contributed by atoms with E-state index in [9.17, 15) is 59.1 Å². The molecule has 4 amide bonds. The van der Waals surface area contributed by atoms with Crippen LogP contribution in [0.4, 0.5) is 0 Å². The van der Waals surface area contributed by atoms with Gasteiger partial charge in [-0.2, -0.15) is 0 Å². The van der Waals surface area contributed by atoms with Crippen molar-refractivity contribution in [1.82, 2.24) is 21.3 Å². The number of quaternary nitrogens is 1. The number of ether oxygens (including phenoxy) is 2. The third kappa shape index (κ3) is 13.3. The minimum absolute atomic E-state index is 0.00239. The van der Waals surface area contributed by atoms with Gasteiger partial charge in [-0.3, -0.25) is 19.2 Å². The van der Waals surface area contributed by atoms with Gasteiger partial charge in [-0.15, -0.1) is 0 Å². The monoisotopic (exact) mass is 647 g/mol. The minimum Gasteiger partial charge on any atom is -0.550 e. The first-order chi connectivity index (χ1) is 21.0. The largest absolute Gasteiger partial charge is 0.550 e. The number of carboxylic acids is 3. The lowest BCUT2D eigenvalue weighted by Gasteiger charge is -2.40. The maximum atomic E-state index is 12.8. The fourth-order valence-corrected chi connectivity index (χ4v) is 4.32. The molecule has 0 saturated carbocycles. The summed E-state index contributed by atoms with van der Waals surface area (Å²) < 4.78 is 11.0. The van der Waals surface area contributed by atoms with Crippen molar-refractivity contribution in [2.75, 3.05) is 13.2 Å². The fraction of sp³-hybridized carbons (Fsp3) is 0.731. The molecule has 1 heterocycles. The first-order valence-electron chi connectivity index (χ1n) is 14.2. The highest BCUT2D eigenvalue weighted by Gasteiger charge is 2.42. The van der Waals surface area contributed by atoms with E-state index in [1.54, 1.807) is 0 Å². The first-order valence-corrected chi connectivity index (χ1v) is 14.2. The molecule has 1 rings (SSSR count). The number of aliphatic hydroxyl groups is 2. The van der Waals surface area contributed by atoms with Gasteiger partial charge in [0.2, 0.25) is 23.6 Å². The zero-order chi connectivity index (χ0) is 34.4. The number of aliphatic carboxylic acids is 3. The molecule has 0 aromatic rings. The van der Waals surface area contributed by atoms with Crippen LogP contribution >= 0.6 is 0 Å². The number of aliphatic hydroxyl groups excluding tert-OH is 2. The lowest BCUT2D eigenvalue weighted by atomic mass is 9.97. The number of hydrogen-bond donors (Lipinski definition) is 7. The van der Waals surface area contributed by atoms with Crippen molar-refractivity contribution in [3.63, 3.8) is 0 Å². The molecule has 256 valence electrons. The molecule has 0 spiro atoms. The van der Waals surface area contributed by atoms with E-state index in [1.165, 1.54) is 20.8 Å². The normalized spacial score (nSPS) is 22.9. The van der Waals surface area contributed by atoms with E-state index in [0.717, 1.165) is 0 Å². The van der Waals surface area contributed by atoms with E-state index in [0.29, 0.717) is 0 Å². The zero-order valence-corrected chi connectivity index (χ0v) is 25.1. The molecule has 0 aliphatic carbocycles. The smallest absolute Gasteiger partial charge is 0.249 e. The summed E-state index contributed by atoms with van der Waals surface area (Å²) in [6, 6.07) is -6.54. The van der Waals surface area contributed by atoms with Gasteiger partial charge in [0.15, 0.2) is 0 Å². The van der Waals surface area contributed by atoms with Gasteiger partial charge in [0.05, 0.1) is 37.2 Å². The Bertz CT molecular complexity index is 1070. The summed E-state index contributed by atoms with van der Waals surface area (Å²) in [5.74, 6) is -8.09. The molecule has 1 saturated heterocycles. The number of rotatable bonds is 19. The Morgan fingerprint density at radius 1 is 0.911 bits per heavy atom. The molecule has 0 aromatic heterocycles. The van der Waals surface area contributed by atoms with Crippen molar-refractivity contribution in [1.29, 1.82) is 0 Å². The Labute approximate surface area is 258 Å². The maximum Gasteiger partial charge on any atom is 0.249 e. The summed E-state index contributed by atoms with van der Waals surface area (Å²) >= 11 is 0. The molecule has 9 atom stereocenters. The van der Waals surface area contributed by atoms with E-state index in [4.69, 9.17) is 9.47 Å². The molecule has 1 fully saturated rings. The van der Waals surface area contributed by atoms with Crippen LogP contribution < -0.4 is 42.3 Å². The summed E-state index contributed by atoms with van der Waals surface area (Å²) in [6.45, 7) is 3.04. The summed E-state index contributed by atoms with van der Waals surface area (Å²) in [5.41, 5.74) is 3.34. The predicted octanol–water partition coefficient (Wildman–Crippen LogP) is -8.70. The van der Waals surface area contributed by atoms with Crippen LogP contribution in [0.1, 0.15) is 52.9 Å². The third-order valence-corrected chi connectivity index (χ3v) is 6.90. The molecule has 19 nitrogen and oxygen atoms in total. The highest BCUT2D eigenvalue weighted by Crippen LogP contribution is 2.20. The number of carbonyl (C=O) groups excluding carboxylic acids is 7. The number of carboxylic acid groups (broad SMARTS) is 3. The predicted molar refractivity (Wildman–Crippen MR) is 141 cm³/mol. The van der Waals surface area contributed by atoms with Crippen molar-refractivity contribution in [3.8, 4) is 0 Å². The van der Waals surface area contributed by atoms with E-state index in [1.807, 2.05) is 0 Å². The molecule has 9 N–H and O–H groups in total. The molecule has 45 heavy (non-hydrogen) atoms. The minimum atomic E-state index is -1.71. The highest BCUT2D eigenvalue weighted by molar-refractivity contribution is 5.93. The standard InChI is InChI=1S/C26H43N5O14/c1-11(28-23(38)12(2)45-21-17(29-13(3)33)10-44-18(9-32)20(21)36)22(37)30-15(7-8-19(34)35)24(39)31-16(26(42)43)6-4-5-14(27)25(40)41/h11-12,14-18,20-21,32,36H,4-10,27H2,1-3H3,(H,28,38)(H,29,33)(H,30,37)(H,31,39)(H,34,35)(H,40,41)(H,42,43)/p-2/t11-,12+,14?,15+,16-,17-,18+,20+,21+/m0/s1. The Balaban J connectivity index is 2.88. The number of amides is 4. The fourth-order valence-electron chi connectivity index (χ4n) is 4.32. The van der Waals surface area contributed by atoms with Gasteiger partial charge < -0.3 is 76.4 Å². The van der Waals surface area contributed by atoms with Crippen LogP contribution in [0.3, 0.4) is 0 Å². The van der Waals surface area contributed by atoms with Crippen molar-refractivity contribution < 1.29 is 74.3 Å². The SMILES string of the molecule is CC(=O)N[C@H]1CO[C@H](CO)[C@@H](O)[C@@H]1O[C@H](C)C(=O)N[C@@H](C)C(=O)N[C@H](CCC(=O)[O-])C(=O)N[C@@H](CCCC([NH3+])C(=O)[O-])C(=O)[O-]. The van der Waals surface area contributed by atoms with Gasteiger partial charge in [0.1, 0.15) is 42.5 Å². The molecule has 1 unspecified atom stereocenters. The highest BCUT2D eigenvalue weighted by atomic mass is 16.6. The second-order valence-corrected chi connectivity index (χ2v) is 10.6. The molecule has 19 heteroatoms. The van der Waals surface area contributed by atoms with Crippen molar-refractivity contribution in [3.05, 3.63) is 0 Å². The topological polar surface area (TPSA) is 323 Å². The van der Waals surface area contributed by atoms with Crippen LogP contribution in [0.5, 0.6) is 0 Å². The lowest BCUT2D eigenvalue weighted by Crippen LogP contribution is -2.68. The lowest BCUT2D eigenvalue weighted by molar-refractivity contribution is -0.438. The van der Waals surface area contributed by atoms with Crippen LogP contribution in [-0.2, 0) is 43.0 Å². The maximum absolute atomic E-state index is 12.8. The van der Waals surface area contributed by atoms with E-state index < -0.39 is 116 Å². The molecular weight excluding hydrogens is 606 g/mol. The van der Waals surface area contributed by atoms with Gasteiger partial charge in [-0.25, -0.2) is 0 Å². The van der Waals surface area contributed by atoms with Gasteiger partial charge in [-0.05, 0) is 39.5 Å².